The fourth-order valence-corrected chi connectivity index (χ4v) is 6.72. The molecule has 4 aliphatic carbocycles. The maximum absolute atomic E-state index is 13.2. The minimum absolute atomic E-state index is 0.0714. The van der Waals surface area contributed by atoms with Gasteiger partial charge in [0, 0.05) is 11.1 Å². The second kappa shape index (κ2) is 6.62. The molecule has 0 spiro atoms. The highest BCUT2D eigenvalue weighted by molar-refractivity contribution is 6.24. The van der Waals surface area contributed by atoms with Gasteiger partial charge >= 0.3 is 5.97 Å². The first-order valence-electron chi connectivity index (χ1n) is 10.1. The van der Waals surface area contributed by atoms with Gasteiger partial charge in [-0.1, -0.05) is 0 Å². The largest absolute Gasteiger partial charge is 0.463 e. The number of hydrogen-bond donors (Lipinski definition) is 1. The maximum Gasteiger partial charge on any atom is 0.373 e. The van der Waals surface area contributed by atoms with Crippen LogP contribution < -0.4 is 5.32 Å². The molecule has 4 aliphatic rings. The molecular weight excluding hydrogens is 394 g/mol. The predicted octanol–water partition coefficient (Wildman–Crippen LogP) is 3.83. The molecule has 4 saturated carbocycles. The number of halogens is 1. The fraction of sp³-hybridized carbons (Fsp3) is 0.571. The molecule has 4 bridgehead atoms. The number of amides is 1. The van der Waals surface area contributed by atoms with Crippen molar-refractivity contribution >= 4 is 29.2 Å². The minimum Gasteiger partial charge on any atom is -0.463 e. The highest BCUT2D eigenvalue weighted by Gasteiger charge is 2.60. The number of carbonyl (C=O) groups excluding carboxylic acids is 2. The average Bonchev–Trinajstić information content (AvgIpc) is 3.29. The molecule has 154 valence electrons. The van der Waals surface area contributed by atoms with Gasteiger partial charge in [-0.15, -0.1) is 11.6 Å². The van der Waals surface area contributed by atoms with Gasteiger partial charge in [0.1, 0.15) is 5.76 Å². The van der Waals surface area contributed by atoms with Crippen LogP contribution in [0.4, 0.5) is 5.69 Å². The number of nitrogens with one attached hydrogen (secondary N) is 1. The van der Waals surface area contributed by atoms with Crippen molar-refractivity contribution in [3.63, 3.8) is 0 Å². The highest BCUT2D eigenvalue weighted by Crippen LogP contribution is 2.64. The number of hydrogen-bond acceptors (Lipinski definition) is 5. The third-order valence-corrected chi connectivity index (χ3v) is 7.17. The van der Waals surface area contributed by atoms with Gasteiger partial charge in [-0.05, 0) is 62.5 Å². The molecule has 0 saturated heterocycles. The van der Waals surface area contributed by atoms with Crippen LogP contribution in [0.15, 0.2) is 28.9 Å². The summed E-state index contributed by atoms with van der Waals surface area (Å²) in [6, 6.07) is 3.28. The zero-order valence-electron chi connectivity index (χ0n) is 16.3. The van der Waals surface area contributed by atoms with Gasteiger partial charge in [-0.2, -0.15) is 5.10 Å². The van der Waals surface area contributed by atoms with Gasteiger partial charge in [0.25, 0.3) is 0 Å². The Balaban J connectivity index is 1.26. The van der Waals surface area contributed by atoms with Gasteiger partial charge in [-0.25, -0.2) is 4.79 Å². The van der Waals surface area contributed by atoms with Crippen molar-refractivity contribution in [3.05, 3.63) is 36.0 Å². The molecule has 0 radical (unpaired) electrons. The summed E-state index contributed by atoms with van der Waals surface area (Å²) in [5.41, 5.74) is 0.318. The average molecular weight is 418 g/mol. The van der Waals surface area contributed by atoms with E-state index in [2.05, 4.69) is 15.2 Å². The van der Waals surface area contributed by atoms with Gasteiger partial charge in [0.15, 0.2) is 0 Å². The smallest absolute Gasteiger partial charge is 0.373 e. The van der Waals surface area contributed by atoms with E-state index >= 15 is 0 Å². The molecule has 0 aliphatic heterocycles. The SMILES string of the molecule is COC(=O)c1ccc(Cn2cc(NC(=O)C34C[C@@H]5C[C@@H](CC(Cl)(C5)C3)C4)cn2)o1. The second-order valence-corrected chi connectivity index (χ2v) is 9.83. The number of methoxy groups -OCH3 is 1. The monoisotopic (exact) mass is 417 g/mol. The minimum atomic E-state index is -0.516. The van der Waals surface area contributed by atoms with Crippen LogP contribution in [0.1, 0.15) is 54.8 Å². The van der Waals surface area contributed by atoms with Crippen LogP contribution >= 0.6 is 11.6 Å². The van der Waals surface area contributed by atoms with Crippen LogP contribution in [0.5, 0.6) is 0 Å². The van der Waals surface area contributed by atoms with Crippen LogP contribution in [-0.4, -0.2) is 33.6 Å². The summed E-state index contributed by atoms with van der Waals surface area (Å²) in [5.74, 6) is 1.44. The molecule has 2 aromatic rings. The van der Waals surface area contributed by atoms with E-state index in [4.69, 9.17) is 16.0 Å². The Hall–Kier alpha value is -2.28. The Labute approximate surface area is 173 Å². The first kappa shape index (κ1) is 18.7. The highest BCUT2D eigenvalue weighted by atomic mass is 35.5. The fourth-order valence-electron chi connectivity index (χ4n) is 6.03. The Morgan fingerprint density at radius 1 is 1.31 bits per heavy atom. The van der Waals surface area contributed by atoms with E-state index in [1.807, 2.05) is 0 Å². The number of aromatic nitrogens is 2. The lowest BCUT2D eigenvalue weighted by atomic mass is 9.49. The number of nitrogens with zero attached hydrogens (tertiary/aromatic N) is 2. The predicted molar refractivity (Wildman–Crippen MR) is 106 cm³/mol. The van der Waals surface area contributed by atoms with Crippen molar-refractivity contribution in [2.24, 2.45) is 17.3 Å². The molecule has 29 heavy (non-hydrogen) atoms. The standard InChI is InChI=1S/C21H24ClN3O4/c1-28-18(26)17-3-2-16(29-17)11-25-10-15(9-23-25)24-19(27)20-5-13-4-14(6-20)8-21(22,7-13)12-20/h2-3,9-10,13-14H,4-8,11-12H2,1H3,(H,24,27)/t13-,14+,20?,21?. The third-order valence-electron chi connectivity index (χ3n) is 6.73. The molecule has 2 heterocycles. The topological polar surface area (TPSA) is 86.4 Å². The number of ether oxygens (including phenoxy) is 1. The van der Waals surface area contributed by atoms with E-state index in [-0.39, 0.29) is 22.0 Å². The quantitative estimate of drug-likeness (QED) is 0.590. The maximum atomic E-state index is 13.2. The van der Waals surface area contributed by atoms with E-state index < -0.39 is 5.97 Å². The number of anilines is 1. The van der Waals surface area contributed by atoms with Crippen LogP contribution in [-0.2, 0) is 16.1 Å². The van der Waals surface area contributed by atoms with Crippen LogP contribution in [0.3, 0.4) is 0 Å². The normalized spacial score (nSPS) is 32.3. The molecule has 4 atom stereocenters. The Bertz CT molecular complexity index is 951. The van der Waals surface area contributed by atoms with Gasteiger partial charge in [0.05, 0.1) is 31.0 Å². The summed E-state index contributed by atoms with van der Waals surface area (Å²) in [6.45, 7) is 0.354. The van der Waals surface area contributed by atoms with Crippen molar-refractivity contribution in [1.29, 1.82) is 0 Å². The zero-order valence-corrected chi connectivity index (χ0v) is 17.1. The van der Waals surface area contributed by atoms with E-state index in [0.717, 1.165) is 32.1 Å². The van der Waals surface area contributed by atoms with Crippen molar-refractivity contribution in [1.82, 2.24) is 9.78 Å². The number of alkyl halides is 1. The Kier molecular flexibility index (Phi) is 4.28. The molecule has 7 nitrogen and oxygen atoms in total. The molecule has 4 fully saturated rings. The Morgan fingerprint density at radius 2 is 2.07 bits per heavy atom. The van der Waals surface area contributed by atoms with Gasteiger partial charge in [-0.3, -0.25) is 9.48 Å². The third kappa shape index (κ3) is 3.35. The van der Waals surface area contributed by atoms with Crippen molar-refractivity contribution in [2.45, 2.75) is 49.9 Å². The van der Waals surface area contributed by atoms with Crippen molar-refractivity contribution in [2.75, 3.05) is 12.4 Å². The van der Waals surface area contributed by atoms with E-state index in [0.29, 0.717) is 29.8 Å². The van der Waals surface area contributed by atoms with Crippen molar-refractivity contribution < 1.29 is 18.7 Å². The summed E-state index contributed by atoms with van der Waals surface area (Å²) < 4.78 is 11.8. The molecule has 1 N–H and O–H groups in total. The summed E-state index contributed by atoms with van der Waals surface area (Å²) in [4.78, 5) is 24.5. The van der Waals surface area contributed by atoms with Gasteiger partial charge in [0.2, 0.25) is 11.7 Å². The number of esters is 1. The molecule has 6 rings (SSSR count). The number of furan rings is 1. The molecule has 0 aromatic carbocycles. The van der Waals surface area contributed by atoms with E-state index in [9.17, 15) is 9.59 Å². The number of rotatable bonds is 5. The molecule has 2 unspecified atom stereocenters. The molecule has 8 heteroatoms. The van der Waals surface area contributed by atoms with Crippen molar-refractivity contribution in [3.8, 4) is 0 Å². The lowest BCUT2D eigenvalue weighted by Crippen LogP contribution is -2.57. The Morgan fingerprint density at radius 3 is 2.76 bits per heavy atom. The summed E-state index contributed by atoms with van der Waals surface area (Å²) in [5, 5.41) is 7.37. The summed E-state index contributed by atoms with van der Waals surface area (Å²) in [7, 11) is 1.31. The van der Waals surface area contributed by atoms with Gasteiger partial charge < -0.3 is 14.5 Å². The number of carbonyl (C=O) groups is 2. The van der Waals surface area contributed by atoms with E-state index in [1.165, 1.54) is 13.5 Å². The lowest BCUT2D eigenvalue weighted by molar-refractivity contribution is -0.138. The van der Waals surface area contributed by atoms with Crippen LogP contribution in [0, 0.1) is 17.3 Å². The molecule has 1 amide bonds. The first-order valence-corrected chi connectivity index (χ1v) is 10.4. The molecular formula is C21H24ClN3O4. The van der Waals surface area contributed by atoms with E-state index in [1.54, 1.807) is 29.2 Å². The van der Waals surface area contributed by atoms with Crippen LogP contribution in [0.25, 0.3) is 0 Å². The second-order valence-electron chi connectivity index (χ2n) is 9.03. The summed E-state index contributed by atoms with van der Waals surface area (Å²) >= 11 is 6.86. The zero-order chi connectivity index (χ0) is 20.2. The summed E-state index contributed by atoms with van der Waals surface area (Å²) in [6.07, 6.45) is 9.40. The first-order chi connectivity index (χ1) is 13.9. The molecule has 2 aromatic heterocycles. The van der Waals surface area contributed by atoms with Crippen LogP contribution in [0.2, 0.25) is 0 Å². The lowest BCUT2D eigenvalue weighted by Gasteiger charge is -2.59.